The number of hydrogen-bond acceptors (Lipinski definition) is 5. The Balaban J connectivity index is 1.67. The summed E-state index contributed by atoms with van der Waals surface area (Å²) in [4.78, 5) is 12.6. The Kier molecular flexibility index (Phi) is 6.47. The molecule has 7 nitrogen and oxygen atoms in total. The Hall–Kier alpha value is -2.95. The van der Waals surface area contributed by atoms with Crippen molar-refractivity contribution in [2.45, 2.75) is 11.1 Å². The number of benzene rings is 2. The first-order chi connectivity index (χ1) is 13.9. The van der Waals surface area contributed by atoms with E-state index in [-0.39, 0.29) is 20.6 Å². The minimum Gasteiger partial charge on any atom is -0.331 e. The number of amides is 1. The highest BCUT2D eigenvalue weighted by molar-refractivity contribution is 7.94. The third-order valence-corrected chi connectivity index (χ3v) is 6.83. The molecule has 1 amide bonds. The van der Waals surface area contributed by atoms with E-state index >= 15 is 0 Å². The highest BCUT2D eigenvalue weighted by Gasteiger charge is 2.19. The summed E-state index contributed by atoms with van der Waals surface area (Å²) in [5.74, 6) is -0.539. The van der Waals surface area contributed by atoms with Crippen LogP contribution < -0.4 is 20.9 Å². The van der Waals surface area contributed by atoms with E-state index in [9.17, 15) is 13.2 Å². The zero-order valence-corrected chi connectivity index (χ0v) is 17.7. The number of carbonyl (C=O) groups excluding carboxylic acids is 1. The lowest BCUT2D eigenvalue weighted by molar-refractivity contribution is 0.0945. The van der Waals surface area contributed by atoms with Crippen molar-refractivity contribution in [3.63, 3.8) is 0 Å². The van der Waals surface area contributed by atoms with Gasteiger partial charge in [-0.3, -0.25) is 20.4 Å². The Morgan fingerprint density at radius 2 is 1.62 bits per heavy atom. The molecule has 0 aliphatic rings. The molecule has 0 aliphatic heterocycles. The molecule has 0 saturated carbocycles. The Morgan fingerprint density at radius 3 is 2.31 bits per heavy atom. The molecule has 0 saturated heterocycles. The summed E-state index contributed by atoms with van der Waals surface area (Å²) in [6, 6.07) is 17.0. The molecule has 0 aliphatic carbocycles. The number of thiocarbonyl (C=S) groups is 1. The van der Waals surface area contributed by atoms with E-state index in [1.54, 1.807) is 23.6 Å². The number of hydrogen-bond donors (Lipinski definition) is 4. The summed E-state index contributed by atoms with van der Waals surface area (Å²) in [7, 11) is -3.77. The lowest BCUT2D eigenvalue weighted by Gasteiger charge is -2.15. The smallest absolute Gasteiger partial charge is 0.271 e. The van der Waals surface area contributed by atoms with Gasteiger partial charge in [-0.15, -0.1) is 11.3 Å². The highest BCUT2D eigenvalue weighted by Crippen LogP contribution is 2.22. The third kappa shape index (κ3) is 5.31. The number of rotatable bonds is 5. The van der Waals surface area contributed by atoms with Gasteiger partial charge in [-0.05, 0) is 54.4 Å². The molecule has 3 rings (SSSR count). The highest BCUT2D eigenvalue weighted by atomic mass is 32.2. The van der Waals surface area contributed by atoms with Crippen LogP contribution in [0.25, 0.3) is 0 Å². The van der Waals surface area contributed by atoms with Crippen molar-refractivity contribution in [1.29, 1.82) is 0 Å². The first kappa shape index (κ1) is 20.8. The van der Waals surface area contributed by atoms with Gasteiger partial charge in [0.05, 0.1) is 11.3 Å². The molecule has 0 bridgehead atoms. The van der Waals surface area contributed by atoms with Crippen LogP contribution in [0.15, 0.2) is 70.3 Å². The second-order valence-corrected chi connectivity index (χ2v) is 9.20. The fourth-order valence-corrected chi connectivity index (χ4v) is 4.66. The minimum absolute atomic E-state index is 0.152. The number of thiophene rings is 1. The van der Waals surface area contributed by atoms with Crippen LogP contribution in [-0.2, 0) is 10.0 Å². The standard InChI is InChI=1S/C19H18N4O3S3/c1-13-7-2-4-9-15(13)20-19(27)22-21-18(24)14-8-3-5-10-16(14)23-29(25,26)17-11-6-12-28-17/h2-12,23H,1H3,(H,21,24)(H2,20,22,27). The number of nitrogens with one attached hydrogen (secondary N) is 4. The number of para-hydroxylation sites is 2. The first-order valence-corrected chi connectivity index (χ1v) is 11.2. The molecular weight excluding hydrogens is 428 g/mol. The van der Waals surface area contributed by atoms with Gasteiger partial charge in [0, 0.05) is 5.69 Å². The van der Waals surface area contributed by atoms with Gasteiger partial charge in [0.15, 0.2) is 5.11 Å². The van der Waals surface area contributed by atoms with Gasteiger partial charge in [0.25, 0.3) is 15.9 Å². The number of anilines is 2. The van der Waals surface area contributed by atoms with Crippen LogP contribution in [0, 0.1) is 6.92 Å². The van der Waals surface area contributed by atoms with E-state index in [2.05, 4.69) is 20.9 Å². The summed E-state index contributed by atoms with van der Waals surface area (Å²) < 4.78 is 27.5. The second kappa shape index (κ2) is 9.03. The van der Waals surface area contributed by atoms with Crippen LogP contribution in [0.1, 0.15) is 15.9 Å². The topological polar surface area (TPSA) is 99.3 Å². The first-order valence-electron chi connectivity index (χ1n) is 8.45. The van der Waals surface area contributed by atoms with E-state index in [1.807, 2.05) is 31.2 Å². The Morgan fingerprint density at radius 1 is 0.931 bits per heavy atom. The molecule has 150 valence electrons. The molecule has 0 fully saturated rings. The normalized spacial score (nSPS) is 10.8. The quantitative estimate of drug-likeness (QED) is 0.354. The molecule has 2 aromatic carbocycles. The lowest BCUT2D eigenvalue weighted by Crippen LogP contribution is -2.44. The maximum atomic E-state index is 12.6. The molecule has 0 radical (unpaired) electrons. The average Bonchev–Trinajstić information content (AvgIpc) is 3.24. The van der Waals surface area contributed by atoms with E-state index in [4.69, 9.17) is 12.2 Å². The fourth-order valence-electron chi connectivity index (χ4n) is 2.43. The van der Waals surface area contributed by atoms with Crippen LogP contribution in [0.5, 0.6) is 0 Å². The molecule has 0 atom stereocenters. The summed E-state index contributed by atoms with van der Waals surface area (Å²) in [5.41, 5.74) is 7.22. The van der Waals surface area contributed by atoms with Gasteiger partial charge < -0.3 is 5.32 Å². The fraction of sp³-hybridized carbons (Fsp3) is 0.0526. The van der Waals surface area contributed by atoms with Crippen LogP contribution in [0.3, 0.4) is 0 Å². The summed E-state index contributed by atoms with van der Waals surface area (Å²) in [6.45, 7) is 1.93. The van der Waals surface area contributed by atoms with Gasteiger partial charge >= 0.3 is 0 Å². The number of sulfonamides is 1. The lowest BCUT2D eigenvalue weighted by atomic mass is 10.2. The van der Waals surface area contributed by atoms with E-state index in [0.717, 1.165) is 22.6 Å². The summed E-state index contributed by atoms with van der Waals surface area (Å²) in [6.07, 6.45) is 0. The third-order valence-electron chi connectivity index (χ3n) is 3.86. The molecule has 1 aromatic heterocycles. The Bertz CT molecular complexity index is 1130. The number of aryl methyl sites for hydroxylation is 1. The van der Waals surface area contributed by atoms with Crippen molar-refractivity contribution < 1.29 is 13.2 Å². The van der Waals surface area contributed by atoms with Crippen molar-refractivity contribution in [2.24, 2.45) is 0 Å². The predicted octanol–water partition coefficient (Wildman–Crippen LogP) is 3.49. The number of hydrazine groups is 1. The predicted molar refractivity (Wildman–Crippen MR) is 120 cm³/mol. The summed E-state index contributed by atoms with van der Waals surface area (Å²) in [5, 5.41) is 4.85. The van der Waals surface area contributed by atoms with Crippen LogP contribution in [-0.4, -0.2) is 19.4 Å². The molecular formula is C19H18N4O3S3. The van der Waals surface area contributed by atoms with E-state index < -0.39 is 15.9 Å². The minimum atomic E-state index is -3.77. The van der Waals surface area contributed by atoms with Gasteiger partial charge in [0.1, 0.15) is 4.21 Å². The molecule has 1 heterocycles. The zero-order chi connectivity index (χ0) is 20.9. The average molecular weight is 447 g/mol. The van der Waals surface area contributed by atoms with Crippen LogP contribution in [0.4, 0.5) is 11.4 Å². The SMILES string of the molecule is Cc1ccccc1NC(=S)NNC(=O)c1ccccc1NS(=O)(=O)c1cccs1. The number of carbonyl (C=O) groups is 1. The van der Waals surface area contributed by atoms with E-state index in [1.165, 1.54) is 18.2 Å². The molecule has 0 unspecified atom stereocenters. The monoisotopic (exact) mass is 446 g/mol. The van der Waals surface area contributed by atoms with Crippen molar-refractivity contribution in [1.82, 2.24) is 10.9 Å². The van der Waals surface area contributed by atoms with Crippen molar-refractivity contribution >= 4 is 56.0 Å². The van der Waals surface area contributed by atoms with Crippen LogP contribution in [0.2, 0.25) is 0 Å². The van der Waals surface area contributed by atoms with Crippen molar-refractivity contribution in [3.8, 4) is 0 Å². The van der Waals surface area contributed by atoms with Gasteiger partial charge in [0.2, 0.25) is 0 Å². The van der Waals surface area contributed by atoms with Gasteiger partial charge in [-0.25, -0.2) is 8.42 Å². The van der Waals surface area contributed by atoms with Gasteiger partial charge in [-0.2, -0.15) is 0 Å². The summed E-state index contributed by atoms with van der Waals surface area (Å²) >= 11 is 6.28. The molecule has 4 N–H and O–H groups in total. The maximum absolute atomic E-state index is 12.6. The molecule has 3 aromatic rings. The Labute approximate surface area is 178 Å². The van der Waals surface area contributed by atoms with Gasteiger partial charge in [-0.1, -0.05) is 36.4 Å². The maximum Gasteiger partial charge on any atom is 0.271 e. The largest absolute Gasteiger partial charge is 0.331 e. The molecule has 0 spiro atoms. The van der Waals surface area contributed by atoms with Crippen LogP contribution >= 0.6 is 23.6 Å². The van der Waals surface area contributed by atoms with Crippen molar-refractivity contribution in [3.05, 3.63) is 77.2 Å². The molecule has 10 heteroatoms. The van der Waals surface area contributed by atoms with E-state index in [0.29, 0.717) is 0 Å². The second-order valence-electron chi connectivity index (χ2n) is 5.93. The zero-order valence-electron chi connectivity index (χ0n) is 15.3. The van der Waals surface area contributed by atoms with Crippen molar-refractivity contribution in [2.75, 3.05) is 10.0 Å². The molecule has 29 heavy (non-hydrogen) atoms.